The summed E-state index contributed by atoms with van der Waals surface area (Å²) in [4.78, 5) is 11.5. The van der Waals surface area contributed by atoms with Crippen molar-refractivity contribution in [2.24, 2.45) is 0 Å². The van der Waals surface area contributed by atoms with Gasteiger partial charge in [-0.3, -0.25) is 9.48 Å². The lowest BCUT2D eigenvalue weighted by Crippen LogP contribution is -2.13. The first kappa shape index (κ1) is 15.2. The molecule has 5 nitrogen and oxygen atoms in total. The maximum atomic E-state index is 11.5. The Kier molecular flexibility index (Phi) is 4.31. The van der Waals surface area contributed by atoms with Gasteiger partial charge in [0.25, 0.3) is 0 Å². The summed E-state index contributed by atoms with van der Waals surface area (Å²) in [7, 11) is 0. The highest BCUT2D eigenvalue weighted by Crippen LogP contribution is 2.35. The van der Waals surface area contributed by atoms with Crippen molar-refractivity contribution in [1.82, 2.24) is 9.78 Å². The van der Waals surface area contributed by atoms with Gasteiger partial charge in [0, 0.05) is 29.8 Å². The molecule has 6 heteroatoms. The first-order valence-electron chi connectivity index (χ1n) is 7.25. The van der Waals surface area contributed by atoms with Crippen LogP contribution in [0.2, 0.25) is 0 Å². The summed E-state index contributed by atoms with van der Waals surface area (Å²) in [5.74, 6) is -0.0850. The van der Waals surface area contributed by atoms with Crippen molar-refractivity contribution in [1.29, 1.82) is 0 Å². The van der Waals surface area contributed by atoms with Crippen LogP contribution in [0.15, 0.2) is 28.9 Å². The van der Waals surface area contributed by atoms with E-state index >= 15 is 0 Å². The molecule has 1 aromatic heterocycles. The van der Waals surface area contributed by atoms with E-state index < -0.39 is 0 Å². The Morgan fingerprint density at radius 2 is 2.32 bits per heavy atom. The number of carbonyl (C=O) groups is 1. The third-order valence-corrected chi connectivity index (χ3v) is 4.66. The molecule has 1 saturated heterocycles. The van der Waals surface area contributed by atoms with Crippen LogP contribution in [-0.4, -0.2) is 28.9 Å². The van der Waals surface area contributed by atoms with Gasteiger partial charge in [-0.1, -0.05) is 15.9 Å². The van der Waals surface area contributed by atoms with Gasteiger partial charge >= 0.3 is 0 Å². The van der Waals surface area contributed by atoms with Crippen LogP contribution in [0.5, 0.6) is 0 Å². The number of anilines is 1. The Morgan fingerprint density at radius 1 is 1.50 bits per heavy atom. The maximum absolute atomic E-state index is 11.5. The Labute approximate surface area is 137 Å². The van der Waals surface area contributed by atoms with Crippen molar-refractivity contribution in [3.8, 4) is 11.3 Å². The number of nitrogens with one attached hydrogen (secondary N) is 1. The first-order valence-corrected chi connectivity index (χ1v) is 8.05. The number of aryl methyl sites for hydroxylation is 1. The lowest BCUT2D eigenvalue weighted by Gasteiger charge is -2.17. The largest absolute Gasteiger partial charge is 0.379 e. The van der Waals surface area contributed by atoms with Crippen LogP contribution in [0.1, 0.15) is 24.9 Å². The second-order valence-electron chi connectivity index (χ2n) is 5.51. The molecule has 0 bridgehead atoms. The number of rotatable bonds is 3. The summed E-state index contributed by atoms with van der Waals surface area (Å²) in [6, 6.07) is 6.23. The van der Waals surface area contributed by atoms with E-state index in [1.807, 2.05) is 29.8 Å². The van der Waals surface area contributed by atoms with Crippen molar-refractivity contribution >= 4 is 27.5 Å². The predicted octanol–water partition coefficient (Wildman–Crippen LogP) is 3.54. The third kappa shape index (κ3) is 2.94. The fourth-order valence-corrected chi connectivity index (χ4v) is 3.06. The highest BCUT2D eigenvalue weighted by Gasteiger charge is 2.22. The fraction of sp³-hybridized carbons (Fsp3) is 0.375. The summed E-state index contributed by atoms with van der Waals surface area (Å²) in [5, 5.41) is 7.37. The molecule has 116 valence electrons. The van der Waals surface area contributed by atoms with E-state index in [0.717, 1.165) is 40.0 Å². The molecule has 0 radical (unpaired) electrons. The molecule has 1 N–H and O–H groups in total. The Morgan fingerprint density at radius 3 is 3.00 bits per heavy atom. The summed E-state index contributed by atoms with van der Waals surface area (Å²) < 4.78 is 8.47. The van der Waals surface area contributed by atoms with Gasteiger partial charge in [-0.05, 0) is 37.1 Å². The quantitative estimate of drug-likeness (QED) is 0.907. The molecule has 3 rings (SSSR count). The van der Waals surface area contributed by atoms with Gasteiger partial charge in [-0.2, -0.15) is 5.10 Å². The monoisotopic (exact) mass is 363 g/mol. The molecular formula is C16H18BrN3O2. The molecule has 1 aliphatic heterocycles. The molecule has 0 unspecified atom stereocenters. The molecule has 1 amide bonds. The average molecular weight is 364 g/mol. The average Bonchev–Trinajstić information content (AvgIpc) is 3.11. The van der Waals surface area contributed by atoms with Gasteiger partial charge in [0.1, 0.15) is 0 Å². The molecule has 0 saturated carbocycles. The number of aromatic nitrogens is 2. The van der Waals surface area contributed by atoms with Crippen molar-refractivity contribution in [3.05, 3.63) is 34.4 Å². The molecule has 1 aromatic carbocycles. The molecular weight excluding hydrogens is 346 g/mol. The van der Waals surface area contributed by atoms with Gasteiger partial charge < -0.3 is 10.1 Å². The molecule has 1 aliphatic rings. The number of hydrogen-bond donors (Lipinski definition) is 1. The normalized spacial score (nSPS) is 17.7. The Hall–Kier alpha value is -1.66. The van der Waals surface area contributed by atoms with E-state index in [4.69, 9.17) is 4.74 Å². The summed E-state index contributed by atoms with van der Waals surface area (Å²) >= 11 is 3.57. The number of nitrogens with zero attached hydrogens (tertiary/aromatic N) is 2. The lowest BCUT2D eigenvalue weighted by molar-refractivity contribution is -0.114. The lowest BCUT2D eigenvalue weighted by atomic mass is 10.1. The van der Waals surface area contributed by atoms with E-state index in [-0.39, 0.29) is 11.9 Å². The van der Waals surface area contributed by atoms with E-state index in [1.54, 1.807) is 6.20 Å². The minimum absolute atomic E-state index is 0.0850. The van der Waals surface area contributed by atoms with Gasteiger partial charge in [0.05, 0.1) is 24.0 Å². The SMILES string of the molecule is CC(=O)Nc1cc(C)c(Br)cc1-c1ccnn1[C@H]1CCOC1. The van der Waals surface area contributed by atoms with Crippen molar-refractivity contribution in [2.75, 3.05) is 18.5 Å². The van der Waals surface area contributed by atoms with Crippen LogP contribution < -0.4 is 5.32 Å². The van der Waals surface area contributed by atoms with Crippen LogP contribution >= 0.6 is 15.9 Å². The van der Waals surface area contributed by atoms with Crippen molar-refractivity contribution in [2.45, 2.75) is 26.3 Å². The van der Waals surface area contributed by atoms with Crippen molar-refractivity contribution < 1.29 is 9.53 Å². The second kappa shape index (κ2) is 6.22. The van der Waals surface area contributed by atoms with E-state index in [0.29, 0.717) is 6.61 Å². The van der Waals surface area contributed by atoms with E-state index in [1.165, 1.54) is 6.92 Å². The minimum Gasteiger partial charge on any atom is -0.379 e. The Balaban J connectivity index is 2.09. The van der Waals surface area contributed by atoms with Crippen molar-refractivity contribution in [3.63, 3.8) is 0 Å². The number of halogens is 1. The molecule has 0 aliphatic carbocycles. The second-order valence-corrected chi connectivity index (χ2v) is 6.36. The molecule has 1 fully saturated rings. The highest BCUT2D eigenvalue weighted by atomic mass is 79.9. The zero-order chi connectivity index (χ0) is 15.7. The van der Waals surface area contributed by atoms with Crippen LogP contribution in [-0.2, 0) is 9.53 Å². The number of hydrogen-bond acceptors (Lipinski definition) is 3. The molecule has 22 heavy (non-hydrogen) atoms. The predicted molar refractivity (Wildman–Crippen MR) is 88.9 cm³/mol. The maximum Gasteiger partial charge on any atom is 0.221 e. The standard InChI is InChI=1S/C16H18BrN3O2/c1-10-7-15(19-11(2)21)13(8-14(10)17)16-3-5-18-20(16)12-4-6-22-9-12/h3,5,7-8,12H,4,6,9H2,1-2H3,(H,19,21)/t12-/m0/s1. The van der Waals surface area contributed by atoms with Crippen LogP contribution in [0.25, 0.3) is 11.3 Å². The smallest absolute Gasteiger partial charge is 0.221 e. The van der Waals surface area contributed by atoms with Gasteiger partial charge in [-0.15, -0.1) is 0 Å². The number of ether oxygens (including phenoxy) is 1. The number of benzene rings is 1. The minimum atomic E-state index is -0.0850. The van der Waals surface area contributed by atoms with Crippen LogP contribution in [0.3, 0.4) is 0 Å². The number of carbonyl (C=O) groups excluding carboxylic acids is 1. The van der Waals surface area contributed by atoms with Gasteiger partial charge in [0.15, 0.2) is 0 Å². The zero-order valence-corrected chi connectivity index (χ0v) is 14.2. The molecule has 2 aromatic rings. The summed E-state index contributed by atoms with van der Waals surface area (Å²) in [6.07, 6.45) is 2.75. The first-order chi connectivity index (χ1) is 10.6. The summed E-state index contributed by atoms with van der Waals surface area (Å²) in [5.41, 5.74) is 3.81. The van der Waals surface area contributed by atoms with E-state index in [9.17, 15) is 4.79 Å². The molecule has 0 spiro atoms. The van der Waals surface area contributed by atoms with Crippen LogP contribution in [0, 0.1) is 6.92 Å². The number of amides is 1. The van der Waals surface area contributed by atoms with Crippen LogP contribution in [0.4, 0.5) is 5.69 Å². The third-order valence-electron chi connectivity index (χ3n) is 3.81. The van der Waals surface area contributed by atoms with Gasteiger partial charge in [-0.25, -0.2) is 0 Å². The topological polar surface area (TPSA) is 56.2 Å². The molecule has 1 atom stereocenters. The van der Waals surface area contributed by atoms with E-state index in [2.05, 4.69) is 26.3 Å². The summed E-state index contributed by atoms with van der Waals surface area (Å²) in [6.45, 7) is 4.96. The van der Waals surface area contributed by atoms with Gasteiger partial charge in [0.2, 0.25) is 5.91 Å². The zero-order valence-electron chi connectivity index (χ0n) is 12.6. The fourth-order valence-electron chi connectivity index (χ4n) is 2.72. The highest BCUT2D eigenvalue weighted by molar-refractivity contribution is 9.10. The molecule has 2 heterocycles. The Bertz CT molecular complexity index is 705.